The molecule has 0 saturated heterocycles. The van der Waals surface area contributed by atoms with Crippen LogP contribution in [0.2, 0.25) is 0 Å². The molecular formula is C6H12CaO5. The molecule has 0 rings (SSSR count). The fourth-order valence-electron chi connectivity index (χ4n) is 0.461. The molecule has 6 heteroatoms. The minimum absolute atomic E-state index is 0. The van der Waals surface area contributed by atoms with Crippen molar-refractivity contribution in [3.8, 4) is 0 Å². The van der Waals surface area contributed by atoms with Crippen LogP contribution in [0.25, 0.3) is 0 Å². The van der Waals surface area contributed by atoms with Gasteiger partial charge in [0.1, 0.15) is 0 Å². The zero-order chi connectivity index (χ0) is 8.85. The predicted molar refractivity (Wildman–Crippen MR) is 42.6 cm³/mol. The zero-order valence-corrected chi connectivity index (χ0v) is 9.28. The fourth-order valence-corrected chi connectivity index (χ4v) is 0.461. The Morgan fingerprint density at radius 3 is 2.25 bits per heavy atom. The smallest absolute Gasteiger partial charge is 1.00 e. The van der Waals surface area contributed by atoms with E-state index in [2.05, 4.69) is 9.47 Å². The number of carbonyl (C=O) groups excluding carboxylic acids is 2. The maximum atomic E-state index is 10.5. The Morgan fingerprint density at radius 2 is 1.92 bits per heavy atom. The Balaban J connectivity index is -0.000000167. The van der Waals surface area contributed by atoms with Crippen molar-refractivity contribution in [1.82, 2.24) is 0 Å². The number of esters is 2. The van der Waals surface area contributed by atoms with E-state index >= 15 is 0 Å². The van der Waals surface area contributed by atoms with Crippen LogP contribution in [0.3, 0.4) is 0 Å². The van der Waals surface area contributed by atoms with Crippen molar-refractivity contribution in [2.24, 2.45) is 0 Å². The molecule has 0 aromatic rings. The summed E-state index contributed by atoms with van der Waals surface area (Å²) in [7, 11) is 2.30. The Labute approximate surface area is 103 Å². The summed E-state index contributed by atoms with van der Waals surface area (Å²) in [5, 5.41) is 8.84. The third-order valence-corrected chi connectivity index (χ3v) is 1.06. The van der Waals surface area contributed by atoms with Crippen LogP contribution in [0.15, 0.2) is 0 Å². The van der Waals surface area contributed by atoms with E-state index in [1.165, 1.54) is 7.11 Å². The Bertz CT molecular complexity index is 166. The molecule has 0 spiro atoms. The number of methoxy groups -OCH3 is 2. The molecule has 1 atom stereocenters. The molecular weight excluding hydrogens is 192 g/mol. The quantitative estimate of drug-likeness (QED) is 0.468. The molecule has 0 aromatic carbocycles. The predicted octanol–water partition coefficient (Wildman–Crippen LogP) is -1.07. The molecule has 12 heavy (non-hydrogen) atoms. The van der Waals surface area contributed by atoms with E-state index in [0.717, 1.165) is 7.11 Å². The second-order valence-corrected chi connectivity index (χ2v) is 1.82. The van der Waals surface area contributed by atoms with E-state index in [1.807, 2.05) is 0 Å². The minimum atomic E-state index is -1.42. The van der Waals surface area contributed by atoms with Crippen molar-refractivity contribution in [3.63, 3.8) is 0 Å². The first-order valence-corrected chi connectivity index (χ1v) is 2.94. The summed E-state index contributed by atoms with van der Waals surface area (Å²) < 4.78 is 8.37. The largest absolute Gasteiger partial charge is 2.00 e. The first kappa shape index (κ1) is 14.7. The number of ether oxygens (including phenoxy) is 2. The molecule has 0 amide bonds. The van der Waals surface area contributed by atoms with Crippen LogP contribution in [0.1, 0.15) is 9.27 Å². The first-order chi connectivity index (χ1) is 5.11. The molecule has 0 radical (unpaired) electrons. The topological polar surface area (TPSA) is 72.8 Å². The zero-order valence-electron chi connectivity index (χ0n) is 9.07. The summed E-state index contributed by atoms with van der Waals surface area (Å²) in [4.78, 5) is 20.9. The minimum Gasteiger partial charge on any atom is -1.00 e. The summed E-state index contributed by atoms with van der Waals surface area (Å²) in [6.45, 7) is 0. The number of aliphatic hydroxyl groups excluding tert-OH is 1. The summed E-state index contributed by atoms with van der Waals surface area (Å²) in [5.41, 5.74) is 0. The Hall–Kier alpha value is 0.160. The van der Waals surface area contributed by atoms with E-state index in [0.29, 0.717) is 0 Å². The summed E-state index contributed by atoms with van der Waals surface area (Å²) in [6.07, 6.45) is -1.80. The normalized spacial score (nSPS) is 10.9. The summed E-state index contributed by atoms with van der Waals surface area (Å²) in [5.74, 6) is -1.49. The van der Waals surface area contributed by atoms with Crippen LogP contribution in [0.5, 0.6) is 0 Å². The van der Waals surface area contributed by atoms with Gasteiger partial charge < -0.3 is 17.4 Å². The van der Waals surface area contributed by atoms with E-state index in [1.54, 1.807) is 0 Å². The van der Waals surface area contributed by atoms with Crippen LogP contribution < -0.4 is 0 Å². The molecule has 0 aromatic heterocycles. The number of hydrogen-bond donors (Lipinski definition) is 1. The van der Waals surface area contributed by atoms with Gasteiger partial charge in [-0.05, 0) is 0 Å². The van der Waals surface area contributed by atoms with Crippen molar-refractivity contribution < 1.29 is 27.0 Å². The molecule has 0 bridgehead atoms. The second kappa shape index (κ2) is 7.79. The standard InChI is InChI=1S/C6H10O5.Ca.2H/c1-10-5(8)3-4(7)6(9)11-2;;;/h4,7H,3H2,1-2H3;;;/q;+2;2*-1. The SMILES string of the molecule is COC(=O)CC(O)C(=O)OC.[Ca+2].[H-].[H-]. The molecule has 1 unspecified atom stereocenters. The monoisotopic (exact) mass is 204 g/mol. The summed E-state index contributed by atoms with van der Waals surface area (Å²) in [6, 6.07) is 0. The van der Waals surface area contributed by atoms with Crippen molar-refractivity contribution >= 4 is 49.7 Å². The molecule has 5 nitrogen and oxygen atoms in total. The number of carbonyl (C=O) groups is 2. The molecule has 68 valence electrons. The van der Waals surface area contributed by atoms with Gasteiger partial charge >= 0.3 is 49.7 Å². The second-order valence-electron chi connectivity index (χ2n) is 1.82. The van der Waals surface area contributed by atoms with Crippen molar-refractivity contribution in [1.29, 1.82) is 0 Å². The fraction of sp³-hybridized carbons (Fsp3) is 0.667. The van der Waals surface area contributed by atoms with Gasteiger partial charge in [-0.2, -0.15) is 0 Å². The van der Waals surface area contributed by atoms with Gasteiger partial charge in [0.2, 0.25) is 0 Å². The number of aliphatic hydroxyl groups is 1. The Kier molecular flexibility index (Phi) is 9.52. The Morgan fingerprint density at radius 1 is 1.42 bits per heavy atom. The van der Waals surface area contributed by atoms with Gasteiger partial charge in [0.15, 0.2) is 6.10 Å². The van der Waals surface area contributed by atoms with Gasteiger partial charge in [0.05, 0.1) is 20.6 Å². The van der Waals surface area contributed by atoms with Crippen LogP contribution >= 0.6 is 0 Å². The van der Waals surface area contributed by atoms with Crippen LogP contribution in [-0.2, 0) is 19.1 Å². The molecule has 1 N–H and O–H groups in total. The van der Waals surface area contributed by atoms with Gasteiger partial charge in [-0.1, -0.05) is 0 Å². The van der Waals surface area contributed by atoms with E-state index < -0.39 is 18.0 Å². The van der Waals surface area contributed by atoms with E-state index in [4.69, 9.17) is 5.11 Å². The van der Waals surface area contributed by atoms with Crippen molar-refractivity contribution in [2.45, 2.75) is 12.5 Å². The van der Waals surface area contributed by atoms with Gasteiger partial charge in [-0.25, -0.2) is 4.79 Å². The van der Waals surface area contributed by atoms with E-state index in [-0.39, 0.29) is 47.0 Å². The van der Waals surface area contributed by atoms with E-state index in [9.17, 15) is 9.59 Å². The van der Waals surface area contributed by atoms with Crippen LogP contribution in [0.4, 0.5) is 0 Å². The van der Waals surface area contributed by atoms with Gasteiger partial charge in [0, 0.05) is 0 Å². The number of hydrogen-bond acceptors (Lipinski definition) is 5. The van der Waals surface area contributed by atoms with Gasteiger partial charge in [0.25, 0.3) is 0 Å². The molecule has 0 saturated carbocycles. The summed E-state index contributed by atoms with van der Waals surface area (Å²) >= 11 is 0. The average molecular weight is 204 g/mol. The third-order valence-electron chi connectivity index (χ3n) is 1.06. The average Bonchev–Trinajstić information content (AvgIpc) is 2.02. The maximum Gasteiger partial charge on any atom is 2.00 e. The molecule has 0 aliphatic rings. The van der Waals surface area contributed by atoms with Gasteiger partial charge in [-0.3, -0.25) is 4.79 Å². The molecule has 0 aliphatic heterocycles. The molecule has 0 aliphatic carbocycles. The van der Waals surface area contributed by atoms with Crippen molar-refractivity contribution in [3.05, 3.63) is 0 Å². The van der Waals surface area contributed by atoms with Crippen LogP contribution in [0, 0.1) is 0 Å². The molecule has 0 heterocycles. The third kappa shape index (κ3) is 5.77. The molecule has 0 fully saturated rings. The van der Waals surface area contributed by atoms with Crippen molar-refractivity contribution in [2.75, 3.05) is 14.2 Å². The maximum absolute atomic E-state index is 10.5. The number of rotatable bonds is 3. The van der Waals surface area contributed by atoms with Gasteiger partial charge in [-0.15, -0.1) is 0 Å². The first-order valence-electron chi connectivity index (χ1n) is 2.94. The van der Waals surface area contributed by atoms with Crippen LogP contribution in [-0.4, -0.2) is 75.1 Å².